The molecule has 0 bridgehead atoms. The van der Waals surface area contributed by atoms with Gasteiger partial charge in [0.25, 0.3) is 5.91 Å². The number of likely N-dealkylation sites (tertiary alicyclic amines) is 1. The number of sulfonamides is 1. The Hall–Kier alpha value is -2.40. The van der Waals surface area contributed by atoms with Crippen molar-refractivity contribution in [3.05, 3.63) is 54.1 Å². The van der Waals surface area contributed by atoms with E-state index in [-0.39, 0.29) is 16.7 Å². The maximum Gasteiger partial charge on any atom is 0.256 e. The standard InChI is InChI=1S/C23H27N3O5S2/c27-22(25-11-3-4-12-25)17-32-21-6-2-1-5-20(21)23(28)24-18-7-9-19(10-8-18)33(29,30)26-13-15-31-16-14-26/h1-2,5-10H,3-4,11-17H2,(H,24,28). The molecule has 4 rings (SSSR count). The topological polar surface area (TPSA) is 96.0 Å². The van der Waals surface area contributed by atoms with Gasteiger partial charge in [0.05, 0.1) is 29.4 Å². The third-order valence-corrected chi connectivity index (χ3v) is 8.63. The molecule has 1 N–H and O–H groups in total. The van der Waals surface area contributed by atoms with Gasteiger partial charge < -0.3 is 15.0 Å². The highest BCUT2D eigenvalue weighted by Gasteiger charge is 2.26. The number of ether oxygens (including phenoxy) is 1. The molecule has 0 aliphatic carbocycles. The van der Waals surface area contributed by atoms with Crippen LogP contribution in [0.1, 0.15) is 23.2 Å². The van der Waals surface area contributed by atoms with E-state index in [1.54, 1.807) is 24.3 Å². The van der Waals surface area contributed by atoms with Crippen LogP contribution in [-0.2, 0) is 19.6 Å². The Morgan fingerprint density at radius 2 is 1.61 bits per heavy atom. The average molecular weight is 490 g/mol. The summed E-state index contributed by atoms with van der Waals surface area (Å²) in [7, 11) is -3.59. The number of carbonyl (C=O) groups excluding carboxylic acids is 2. The van der Waals surface area contributed by atoms with Crippen LogP contribution in [0.3, 0.4) is 0 Å². The van der Waals surface area contributed by atoms with E-state index in [9.17, 15) is 18.0 Å². The SMILES string of the molecule is O=C(Nc1ccc(S(=O)(=O)N2CCOCC2)cc1)c1ccccc1SCC(=O)N1CCCC1. The highest BCUT2D eigenvalue weighted by Crippen LogP contribution is 2.25. The number of nitrogens with zero attached hydrogens (tertiary/aromatic N) is 2. The van der Waals surface area contributed by atoms with Gasteiger partial charge in [-0.05, 0) is 49.2 Å². The number of nitrogens with one attached hydrogen (secondary N) is 1. The molecule has 0 spiro atoms. The van der Waals surface area contributed by atoms with Crippen molar-refractivity contribution in [1.82, 2.24) is 9.21 Å². The van der Waals surface area contributed by atoms with Gasteiger partial charge in [0.1, 0.15) is 0 Å². The van der Waals surface area contributed by atoms with Crippen molar-refractivity contribution in [2.45, 2.75) is 22.6 Å². The van der Waals surface area contributed by atoms with E-state index >= 15 is 0 Å². The van der Waals surface area contributed by atoms with Crippen molar-refractivity contribution in [1.29, 1.82) is 0 Å². The van der Waals surface area contributed by atoms with Crippen LogP contribution in [0.15, 0.2) is 58.3 Å². The van der Waals surface area contributed by atoms with E-state index in [1.807, 2.05) is 17.0 Å². The van der Waals surface area contributed by atoms with Crippen molar-refractivity contribution >= 4 is 39.3 Å². The Morgan fingerprint density at radius 1 is 0.939 bits per heavy atom. The van der Waals surface area contributed by atoms with Gasteiger partial charge in [-0.15, -0.1) is 11.8 Å². The molecule has 2 fully saturated rings. The first kappa shape index (κ1) is 23.7. The first-order valence-electron chi connectivity index (χ1n) is 10.9. The van der Waals surface area contributed by atoms with Gasteiger partial charge >= 0.3 is 0 Å². The number of carbonyl (C=O) groups is 2. The van der Waals surface area contributed by atoms with E-state index in [1.165, 1.54) is 28.2 Å². The lowest BCUT2D eigenvalue weighted by Gasteiger charge is -2.26. The van der Waals surface area contributed by atoms with E-state index in [4.69, 9.17) is 4.74 Å². The summed E-state index contributed by atoms with van der Waals surface area (Å²) in [6.07, 6.45) is 2.09. The smallest absolute Gasteiger partial charge is 0.256 e. The van der Waals surface area contributed by atoms with Crippen LogP contribution >= 0.6 is 11.8 Å². The summed E-state index contributed by atoms with van der Waals surface area (Å²) in [4.78, 5) is 28.0. The molecular weight excluding hydrogens is 462 g/mol. The first-order valence-corrected chi connectivity index (χ1v) is 13.4. The highest BCUT2D eigenvalue weighted by molar-refractivity contribution is 8.00. The fraction of sp³-hybridized carbons (Fsp3) is 0.391. The number of hydrogen-bond donors (Lipinski definition) is 1. The second-order valence-corrected chi connectivity index (χ2v) is 10.8. The summed E-state index contributed by atoms with van der Waals surface area (Å²) in [6.45, 7) is 3.03. The molecule has 2 amide bonds. The zero-order chi connectivity index (χ0) is 23.3. The molecular formula is C23H27N3O5S2. The van der Waals surface area contributed by atoms with Crippen LogP contribution in [0.5, 0.6) is 0 Å². The van der Waals surface area contributed by atoms with Gasteiger partial charge in [0, 0.05) is 36.8 Å². The van der Waals surface area contributed by atoms with Gasteiger partial charge in [0.15, 0.2) is 0 Å². The molecule has 0 saturated carbocycles. The molecule has 0 unspecified atom stereocenters. The van der Waals surface area contributed by atoms with Crippen LogP contribution < -0.4 is 5.32 Å². The van der Waals surface area contributed by atoms with Gasteiger partial charge in [0.2, 0.25) is 15.9 Å². The summed E-state index contributed by atoms with van der Waals surface area (Å²) < 4.78 is 32.1. The monoisotopic (exact) mass is 489 g/mol. The van der Waals surface area contributed by atoms with E-state index < -0.39 is 10.0 Å². The van der Waals surface area contributed by atoms with E-state index in [2.05, 4.69) is 5.32 Å². The summed E-state index contributed by atoms with van der Waals surface area (Å²) in [6, 6.07) is 13.3. The molecule has 2 aromatic rings. The third kappa shape index (κ3) is 5.75. The molecule has 0 atom stereocenters. The minimum absolute atomic E-state index is 0.0878. The lowest BCUT2D eigenvalue weighted by atomic mass is 10.2. The molecule has 2 heterocycles. The maximum atomic E-state index is 12.9. The van der Waals surface area contributed by atoms with Crippen molar-refractivity contribution in [2.24, 2.45) is 0 Å². The second kappa shape index (κ2) is 10.7. The summed E-state index contributed by atoms with van der Waals surface area (Å²) in [5.41, 5.74) is 0.968. The van der Waals surface area contributed by atoms with Crippen LogP contribution in [0.25, 0.3) is 0 Å². The zero-order valence-electron chi connectivity index (χ0n) is 18.2. The summed E-state index contributed by atoms with van der Waals surface area (Å²) >= 11 is 1.36. The van der Waals surface area contributed by atoms with Gasteiger partial charge in [-0.25, -0.2) is 8.42 Å². The number of rotatable bonds is 7. The predicted octanol–water partition coefficient (Wildman–Crippen LogP) is 2.67. The number of benzene rings is 2. The Labute approximate surface area is 198 Å². The van der Waals surface area contributed by atoms with Crippen LogP contribution in [0, 0.1) is 0 Å². The number of thioether (sulfide) groups is 1. The molecule has 2 aromatic carbocycles. The van der Waals surface area contributed by atoms with Crippen molar-refractivity contribution in [3.63, 3.8) is 0 Å². The molecule has 33 heavy (non-hydrogen) atoms. The number of hydrogen-bond acceptors (Lipinski definition) is 6. The van der Waals surface area contributed by atoms with E-state index in [0.717, 1.165) is 30.8 Å². The Bertz CT molecular complexity index is 1090. The Kier molecular flexibility index (Phi) is 7.69. The van der Waals surface area contributed by atoms with Gasteiger partial charge in [-0.2, -0.15) is 4.31 Å². The van der Waals surface area contributed by atoms with Crippen molar-refractivity contribution in [3.8, 4) is 0 Å². The fourth-order valence-electron chi connectivity index (χ4n) is 3.82. The molecule has 2 saturated heterocycles. The quantitative estimate of drug-likeness (QED) is 0.601. The number of amides is 2. The maximum absolute atomic E-state index is 12.9. The molecule has 2 aliphatic rings. The normalized spacial score (nSPS) is 17.2. The van der Waals surface area contributed by atoms with Crippen LogP contribution in [-0.4, -0.2) is 74.6 Å². The lowest BCUT2D eigenvalue weighted by Crippen LogP contribution is -2.40. The predicted molar refractivity (Wildman–Crippen MR) is 127 cm³/mol. The number of anilines is 1. The van der Waals surface area contributed by atoms with Crippen molar-refractivity contribution < 1.29 is 22.7 Å². The zero-order valence-corrected chi connectivity index (χ0v) is 19.9. The summed E-state index contributed by atoms with van der Waals surface area (Å²) in [5.74, 6) is 0.0681. The molecule has 2 aliphatic heterocycles. The van der Waals surface area contributed by atoms with Crippen LogP contribution in [0.2, 0.25) is 0 Å². The summed E-state index contributed by atoms with van der Waals surface area (Å²) in [5, 5.41) is 2.82. The van der Waals surface area contributed by atoms with Gasteiger partial charge in [-0.1, -0.05) is 12.1 Å². The van der Waals surface area contributed by atoms with Crippen molar-refractivity contribution in [2.75, 3.05) is 50.5 Å². The Balaban J connectivity index is 1.40. The second-order valence-electron chi connectivity index (χ2n) is 7.87. The van der Waals surface area contributed by atoms with E-state index in [0.29, 0.717) is 43.3 Å². The van der Waals surface area contributed by atoms with Gasteiger partial charge in [-0.3, -0.25) is 9.59 Å². The van der Waals surface area contributed by atoms with Crippen LogP contribution in [0.4, 0.5) is 5.69 Å². The Morgan fingerprint density at radius 3 is 2.30 bits per heavy atom. The third-order valence-electron chi connectivity index (χ3n) is 5.66. The molecule has 8 nitrogen and oxygen atoms in total. The lowest BCUT2D eigenvalue weighted by molar-refractivity contribution is -0.127. The average Bonchev–Trinajstić information content (AvgIpc) is 3.39. The molecule has 10 heteroatoms. The molecule has 0 radical (unpaired) electrons. The first-order chi connectivity index (χ1) is 15.9. The molecule has 176 valence electrons. The highest BCUT2D eigenvalue weighted by atomic mass is 32.2. The minimum Gasteiger partial charge on any atom is -0.379 e. The fourth-order valence-corrected chi connectivity index (χ4v) is 6.18. The number of morpholine rings is 1. The largest absolute Gasteiger partial charge is 0.379 e. The molecule has 0 aromatic heterocycles. The minimum atomic E-state index is -3.59.